The van der Waals surface area contributed by atoms with Crippen LogP contribution in [0.5, 0.6) is 0 Å². The van der Waals surface area contributed by atoms with Crippen LogP contribution in [0, 0.1) is 12.7 Å². The Morgan fingerprint density at radius 2 is 1.72 bits per heavy atom. The van der Waals surface area contributed by atoms with E-state index >= 15 is 0 Å². The molecule has 0 bridgehead atoms. The van der Waals surface area contributed by atoms with Crippen LogP contribution in [0.1, 0.15) is 17.0 Å². The number of hydrogen-bond donors (Lipinski definition) is 0. The van der Waals surface area contributed by atoms with Gasteiger partial charge in [-0.3, -0.25) is 23.6 Å². The van der Waals surface area contributed by atoms with Gasteiger partial charge in [-0.1, -0.05) is 29.3 Å². The molecule has 0 radical (unpaired) electrons. The van der Waals surface area contributed by atoms with Gasteiger partial charge in [-0.05, 0) is 36.8 Å². The second-order valence-electron chi connectivity index (χ2n) is 8.42. The number of piperazine rings is 1. The Morgan fingerprint density at radius 1 is 1.00 bits per heavy atom. The molecule has 5 rings (SSSR count). The van der Waals surface area contributed by atoms with Gasteiger partial charge in [0.15, 0.2) is 5.82 Å². The van der Waals surface area contributed by atoms with Gasteiger partial charge < -0.3 is 0 Å². The molecule has 1 aliphatic heterocycles. The van der Waals surface area contributed by atoms with Crippen LogP contribution in [0.2, 0.25) is 5.02 Å². The van der Waals surface area contributed by atoms with E-state index in [0.717, 1.165) is 48.6 Å². The van der Waals surface area contributed by atoms with E-state index in [4.69, 9.17) is 11.6 Å². The maximum atomic E-state index is 13.3. The van der Waals surface area contributed by atoms with E-state index in [-0.39, 0.29) is 11.4 Å². The zero-order chi connectivity index (χ0) is 22.4. The molecule has 2 aromatic carbocycles. The third-order valence-corrected chi connectivity index (χ3v) is 6.53. The van der Waals surface area contributed by atoms with E-state index in [1.807, 2.05) is 29.5 Å². The molecule has 1 aliphatic rings. The molecule has 0 atom stereocenters. The molecule has 2 aromatic heterocycles. The van der Waals surface area contributed by atoms with Gasteiger partial charge in [-0.25, -0.2) is 4.39 Å². The van der Waals surface area contributed by atoms with Gasteiger partial charge in [0.1, 0.15) is 5.82 Å². The van der Waals surface area contributed by atoms with Crippen molar-refractivity contribution in [1.82, 2.24) is 29.0 Å². The fraction of sp³-hybridized carbons (Fsp3) is 0.348. The Labute approximate surface area is 189 Å². The molecule has 0 aliphatic carbocycles. The van der Waals surface area contributed by atoms with Crippen molar-refractivity contribution in [2.75, 3.05) is 26.2 Å². The van der Waals surface area contributed by atoms with Crippen LogP contribution < -0.4 is 5.56 Å². The topological polar surface area (TPSA) is 58.7 Å². The highest BCUT2D eigenvalue weighted by molar-refractivity contribution is 6.31. The average Bonchev–Trinajstić information content (AvgIpc) is 3.19. The minimum Gasteiger partial charge on any atom is -0.296 e. The quantitative estimate of drug-likeness (QED) is 0.474. The number of aromatic nitrogens is 4. The molecule has 7 nitrogen and oxygen atoms in total. The van der Waals surface area contributed by atoms with Crippen molar-refractivity contribution >= 4 is 28.3 Å². The van der Waals surface area contributed by atoms with E-state index in [9.17, 15) is 9.18 Å². The zero-order valence-corrected chi connectivity index (χ0v) is 18.8. The number of fused-ring (bicyclic) bond motifs is 3. The lowest BCUT2D eigenvalue weighted by Gasteiger charge is -2.34. The summed E-state index contributed by atoms with van der Waals surface area (Å²) in [6, 6.07) is 10.5. The SMILES string of the molecule is Cc1ccc2c(c1)c(=O)n(C)c1nnc(CN3CCN(Cc4ccc(F)cc4Cl)CC3)n21. The molecule has 32 heavy (non-hydrogen) atoms. The van der Waals surface area contributed by atoms with Crippen LogP contribution in [-0.2, 0) is 20.1 Å². The fourth-order valence-corrected chi connectivity index (χ4v) is 4.58. The van der Waals surface area contributed by atoms with E-state index in [2.05, 4.69) is 20.0 Å². The lowest BCUT2D eigenvalue weighted by molar-refractivity contribution is 0.119. The van der Waals surface area contributed by atoms with Gasteiger partial charge in [0, 0.05) is 44.8 Å². The minimum atomic E-state index is -0.315. The smallest absolute Gasteiger partial charge is 0.262 e. The number of aryl methyl sites for hydroxylation is 2. The maximum absolute atomic E-state index is 13.3. The van der Waals surface area contributed by atoms with Gasteiger partial charge in [0.2, 0.25) is 5.78 Å². The van der Waals surface area contributed by atoms with Crippen LogP contribution in [0.15, 0.2) is 41.2 Å². The zero-order valence-electron chi connectivity index (χ0n) is 18.1. The molecule has 1 saturated heterocycles. The van der Waals surface area contributed by atoms with Crippen molar-refractivity contribution in [2.24, 2.45) is 7.05 Å². The molecule has 1 fully saturated rings. The first-order chi connectivity index (χ1) is 15.4. The third-order valence-electron chi connectivity index (χ3n) is 6.18. The first kappa shape index (κ1) is 21.1. The Balaban J connectivity index is 1.35. The number of halogens is 2. The Kier molecular flexibility index (Phi) is 5.44. The number of rotatable bonds is 4. The fourth-order valence-electron chi connectivity index (χ4n) is 4.36. The molecule has 4 aromatic rings. The normalized spacial score (nSPS) is 15.8. The summed E-state index contributed by atoms with van der Waals surface area (Å²) in [6.07, 6.45) is 0. The molecule has 0 amide bonds. The maximum Gasteiger partial charge on any atom is 0.262 e. The minimum absolute atomic E-state index is 0.0665. The monoisotopic (exact) mass is 454 g/mol. The third kappa shape index (κ3) is 3.79. The van der Waals surface area contributed by atoms with Crippen molar-refractivity contribution in [3.05, 3.63) is 74.5 Å². The summed E-state index contributed by atoms with van der Waals surface area (Å²) < 4.78 is 16.8. The second-order valence-corrected chi connectivity index (χ2v) is 8.83. The highest BCUT2D eigenvalue weighted by atomic mass is 35.5. The number of nitrogens with zero attached hydrogens (tertiary/aromatic N) is 6. The van der Waals surface area contributed by atoms with Crippen LogP contribution in [-0.4, -0.2) is 55.1 Å². The van der Waals surface area contributed by atoms with E-state index in [0.29, 0.717) is 29.3 Å². The largest absolute Gasteiger partial charge is 0.296 e. The molecule has 166 valence electrons. The Hall–Kier alpha value is -2.81. The van der Waals surface area contributed by atoms with Crippen molar-refractivity contribution in [2.45, 2.75) is 20.0 Å². The van der Waals surface area contributed by atoms with Crippen LogP contribution >= 0.6 is 11.6 Å². The first-order valence-electron chi connectivity index (χ1n) is 10.6. The van der Waals surface area contributed by atoms with E-state index in [1.165, 1.54) is 12.1 Å². The number of hydrogen-bond acceptors (Lipinski definition) is 5. The molecular formula is C23H24ClFN6O. The predicted octanol–water partition coefficient (Wildman–Crippen LogP) is 3.00. The summed E-state index contributed by atoms with van der Waals surface area (Å²) in [5, 5.41) is 9.85. The summed E-state index contributed by atoms with van der Waals surface area (Å²) in [5.41, 5.74) is 2.75. The van der Waals surface area contributed by atoms with Gasteiger partial charge in [0.25, 0.3) is 5.56 Å². The lowest BCUT2D eigenvalue weighted by Crippen LogP contribution is -2.45. The highest BCUT2D eigenvalue weighted by Crippen LogP contribution is 2.21. The number of benzene rings is 2. The van der Waals surface area contributed by atoms with Crippen LogP contribution in [0.25, 0.3) is 16.7 Å². The van der Waals surface area contributed by atoms with E-state index < -0.39 is 0 Å². The first-order valence-corrected chi connectivity index (χ1v) is 11.0. The average molecular weight is 455 g/mol. The molecule has 0 N–H and O–H groups in total. The van der Waals surface area contributed by atoms with Crippen LogP contribution in [0.4, 0.5) is 4.39 Å². The van der Waals surface area contributed by atoms with Crippen LogP contribution in [0.3, 0.4) is 0 Å². The van der Waals surface area contributed by atoms with Gasteiger partial charge in [0.05, 0.1) is 17.4 Å². The molecule has 0 unspecified atom stereocenters. The standard InChI is InChI=1S/C23H24ClFN6O/c1-15-3-6-20-18(11-15)22(32)28(2)23-27-26-21(31(20)23)14-30-9-7-29(8-10-30)13-16-4-5-17(25)12-19(16)24/h3-6,11-12H,7-10,13-14H2,1-2H3. The Bertz CT molecular complexity index is 1370. The van der Waals surface area contributed by atoms with Crippen molar-refractivity contribution in [1.29, 1.82) is 0 Å². The summed E-state index contributed by atoms with van der Waals surface area (Å²) in [4.78, 5) is 17.4. The molecular weight excluding hydrogens is 431 g/mol. The van der Waals surface area contributed by atoms with E-state index in [1.54, 1.807) is 17.7 Å². The van der Waals surface area contributed by atoms with Gasteiger partial charge in [-0.2, -0.15) is 0 Å². The lowest BCUT2D eigenvalue weighted by atomic mass is 10.1. The van der Waals surface area contributed by atoms with Gasteiger partial charge >= 0.3 is 0 Å². The summed E-state index contributed by atoms with van der Waals surface area (Å²) >= 11 is 6.19. The summed E-state index contributed by atoms with van der Waals surface area (Å²) in [7, 11) is 1.73. The summed E-state index contributed by atoms with van der Waals surface area (Å²) in [5.74, 6) is 1.05. The van der Waals surface area contributed by atoms with Crippen molar-refractivity contribution in [3.8, 4) is 0 Å². The molecule has 9 heteroatoms. The van der Waals surface area contributed by atoms with Crippen molar-refractivity contribution in [3.63, 3.8) is 0 Å². The predicted molar refractivity (Wildman–Crippen MR) is 122 cm³/mol. The Morgan fingerprint density at radius 3 is 2.44 bits per heavy atom. The molecule has 0 spiro atoms. The van der Waals surface area contributed by atoms with Gasteiger partial charge in [-0.15, -0.1) is 10.2 Å². The molecule has 0 saturated carbocycles. The molecule has 3 heterocycles. The summed E-state index contributed by atoms with van der Waals surface area (Å²) in [6.45, 7) is 6.83. The highest BCUT2D eigenvalue weighted by Gasteiger charge is 2.21. The van der Waals surface area contributed by atoms with Crippen molar-refractivity contribution < 1.29 is 4.39 Å². The second kappa shape index (κ2) is 8.27.